The summed E-state index contributed by atoms with van der Waals surface area (Å²) in [6.07, 6.45) is -1.98. The van der Waals surface area contributed by atoms with Gasteiger partial charge in [0.05, 0.1) is 37.4 Å². The van der Waals surface area contributed by atoms with Crippen molar-refractivity contribution in [3.63, 3.8) is 0 Å². The largest absolute Gasteiger partial charge is 0.497 e. The van der Waals surface area contributed by atoms with E-state index in [1.54, 1.807) is 31.2 Å². The Hall–Kier alpha value is -4.20. The van der Waals surface area contributed by atoms with Crippen molar-refractivity contribution in [3.8, 4) is 17.1 Å². The molecule has 0 spiro atoms. The van der Waals surface area contributed by atoms with Gasteiger partial charge in [0.15, 0.2) is 17.5 Å². The van der Waals surface area contributed by atoms with E-state index in [0.29, 0.717) is 43.2 Å². The van der Waals surface area contributed by atoms with Crippen LogP contribution >= 0.6 is 11.3 Å². The molecule has 1 aliphatic heterocycles. The molecule has 0 saturated heterocycles. The van der Waals surface area contributed by atoms with Crippen molar-refractivity contribution < 1.29 is 27.4 Å². The number of carbonyl (C=O) groups excluding carboxylic acids is 1. The number of esters is 1. The van der Waals surface area contributed by atoms with Crippen LogP contribution in [-0.4, -0.2) is 55.7 Å². The maximum Gasteiger partial charge on any atom is 0.410 e. The number of nitrogens with zero attached hydrogens (tertiary/aromatic N) is 6. The first-order valence-corrected chi connectivity index (χ1v) is 12.3. The maximum absolute atomic E-state index is 14.1. The first-order chi connectivity index (χ1) is 18.2. The van der Waals surface area contributed by atoms with Crippen LogP contribution in [0.5, 0.6) is 5.75 Å². The number of hydrogen-bond donors (Lipinski definition) is 1. The molecule has 0 amide bonds. The minimum Gasteiger partial charge on any atom is -0.497 e. The predicted molar refractivity (Wildman–Crippen MR) is 133 cm³/mol. The topological polar surface area (TPSA) is 108 Å². The number of carbonyl (C=O) groups is 1. The number of halogens is 3. The maximum atomic E-state index is 14.1. The van der Waals surface area contributed by atoms with Crippen LogP contribution < -0.4 is 10.1 Å². The molecule has 1 aromatic carbocycles. The lowest BCUT2D eigenvalue weighted by Gasteiger charge is -2.34. The number of aromatic nitrogens is 6. The molecule has 2 unspecified atom stereocenters. The summed E-state index contributed by atoms with van der Waals surface area (Å²) in [5, 5.41) is 12.4. The highest BCUT2D eigenvalue weighted by atomic mass is 32.1. The van der Waals surface area contributed by atoms with Crippen LogP contribution in [0, 0.1) is 6.92 Å². The number of rotatable bonds is 4. The quantitative estimate of drug-likeness (QED) is 0.317. The van der Waals surface area contributed by atoms with Crippen LogP contribution in [0.1, 0.15) is 39.3 Å². The summed E-state index contributed by atoms with van der Waals surface area (Å²) in [5.74, 6) is 0.461. The van der Waals surface area contributed by atoms with Crippen LogP contribution in [0.3, 0.4) is 0 Å². The summed E-state index contributed by atoms with van der Waals surface area (Å²) in [6.45, 7) is 1.76. The molecule has 196 valence electrons. The molecule has 0 bridgehead atoms. The Morgan fingerprint density at radius 1 is 1.21 bits per heavy atom. The highest BCUT2D eigenvalue weighted by molar-refractivity contribution is 7.20. The number of alkyl halides is 3. The molecule has 5 aromatic rings. The molecular formula is C24H20F3N7O3S. The van der Waals surface area contributed by atoms with Crippen LogP contribution in [0.25, 0.3) is 27.3 Å². The number of benzene rings is 1. The third-order valence-electron chi connectivity index (χ3n) is 6.64. The molecule has 0 fully saturated rings. The number of hydrogen-bond acceptors (Lipinski definition) is 9. The van der Waals surface area contributed by atoms with Gasteiger partial charge in [-0.05, 0) is 30.2 Å². The van der Waals surface area contributed by atoms with E-state index in [9.17, 15) is 18.0 Å². The van der Waals surface area contributed by atoms with Gasteiger partial charge in [0.25, 0.3) is 0 Å². The average Bonchev–Trinajstić information content (AvgIpc) is 3.61. The van der Waals surface area contributed by atoms with E-state index in [0.717, 1.165) is 4.68 Å². The molecule has 5 heterocycles. The molecule has 10 nitrogen and oxygen atoms in total. The normalized spacial score (nSPS) is 17.4. The monoisotopic (exact) mass is 543 g/mol. The molecule has 1 N–H and O–H groups in total. The molecule has 14 heteroatoms. The second kappa shape index (κ2) is 8.68. The molecule has 6 rings (SSSR count). The third kappa shape index (κ3) is 3.74. The van der Waals surface area contributed by atoms with Gasteiger partial charge in [0.1, 0.15) is 27.6 Å². The van der Waals surface area contributed by atoms with Gasteiger partial charge in [-0.3, -0.25) is 0 Å². The van der Waals surface area contributed by atoms with Gasteiger partial charge < -0.3 is 14.8 Å². The predicted octanol–water partition coefficient (Wildman–Crippen LogP) is 4.97. The Balaban J connectivity index is 1.47. The number of nitrogens with one attached hydrogen (secondary N) is 1. The Morgan fingerprint density at radius 2 is 1.97 bits per heavy atom. The van der Waals surface area contributed by atoms with Crippen molar-refractivity contribution in [2.24, 2.45) is 0 Å². The second-order valence-corrected chi connectivity index (χ2v) is 9.79. The average molecular weight is 544 g/mol. The highest BCUT2D eigenvalue weighted by Gasteiger charge is 2.47. The van der Waals surface area contributed by atoms with Crippen molar-refractivity contribution in [3.05, 3.63) is 52.8 Å². The Labute approximate surface area is 217 Å². The minimum atomic E-state index is -4.52. The summed E-state index contributed by atoms with van der Waals surface area (Å²) < 4.78 is 54.8. The molecule has 2 atom stereocenters. The van der Waals surface area contributed by atoms with E-state index in [4.69, 9.17) is 9.47 Å². The molecular weight excluding hydrogens is 523 g/mol. The van der Waals surface area contributed by atoms with E-state index in [-0.39, 0.29) is 18.1 Å². The number of anilines is 1. The summed E-state index contributed by atoms with van der Waals surface area (Å²) in [4.78, 5) is 22.2. The van der Waals surface area contributed by atoms with Gasteiger partial charge in [-0.25, -0.2) is 24.0 Å². The van der Waals surface area contributed by atoms with Crippen LogP contribution in [0.15, 0.2) is 36.8 Å². The molecule has 4 aromatic heterocycles. The van der Waals surface area contributed by atoms with E-state index < -0.39 is 24.2 Å². The van der Waals surface area contributed by atoms with E-state index in [1.807, 2.05) is 0 Å². The fourth-order valence-electron chi connectivity index (χ4n) is 4.72. The zero-order valence-electron chi connectivity index (χ0n) is 20.3. The van der Waals surface area contributed by atoms with Crippen molar-refractivity contribution >= 4 is 39.0 Å². The summed E-state index contributed by atoms with van der Waals surface area (Å²) in [6, 6.07) is 4.41. The first-order valence-electron chi connectivity index (χ1n) is 11.5. The Kier molecular flexibility index (Phi) is 5.52. The van der Waals surface area contributed by atoms with Crippen molar-refractivity contribution in [1.29, 1.82) is 0 Å². The summed E-state index contributed by atoms with van der Waals surface area (Å²) >= 11 is 1.18. The fourth-order valence-corrected chi connectivity index (χ4v) is 5.78. The molecule has 0 aliphatic carbocycles. The zero-order valence-corrected chi connectivity index (χ0v) is 21.1. The first kappa shape index (κ1) is 24.2. The van der Waals surface area contributed by atoms with E-state index in [2.05, 4.69) is 25.5 Å². The van der Waals surface area contributed by atoms with Crippen molar-refractivity contribution in [2.75, 3.05) is 19.5 Å². The number of thiophene rings is 1. The number of methoxy groups -OCH3 is 2. The number of aryl methyl sites for hydroxylation is 1. The lowest BCUT2D eigenvalue weighted by atomic mass is 9.96. The van der Waals surface area contributed by atoms with Crippen LogP contribution in [0.2, 0.25) is 0 Å². The van der Waals surface area contributed by atoms with Crippen molar-refractivity contribution in [1.82, 2.24) is 29.4 Å². The molecule has 1 aliphatic rings. The fraction of sp³-hybridized carbons (Fsp3) is 0.292. The third-order valence-corrected chi connectivity index (χ3v) is 7.82. The molecule has 38 heavy (non-hydrogen) atoms. The van der Waals surface area contributed by atoms with Gasteiger partial charge in [0.2, 0.25) is 0 Å². The lowest BCUT2D eigenvalue weighted by Crippen LogP contribution is -2.35. The Morgan fingerprint density at radius 3 is 2.66 bits per heavy atom. The highest BCUT2D eigenvalue weighted by Crippen LogP contribution is 2.46. The number of fused-ring (bicyclic) bond motifs is 4. The smallest absolute Gasteiger partial charge is 0.410 e. The SMILES string of the molecule is COC(=O)c1sc2ncn3nc(-c4cnn5c4NC(c4ccc(OC)cc4)CC5C(F)(F)F)nc3c2c1C. The van der Waals surface area contributed by atoms with Gasteiger partial charge in [0, 0.05) is 6.42 Å². The van der Waals surface area contributed by atoms with Crippen molar-refractivity contribution in [2.45, 2.75) is 31.6 Å². The van der Waals surface area contributed by atoms with Gasteiger partial charge in [-0.15, -0.1) is 16.4 Å². The number of ether oxygens (including phenoxy) is 2. The minimum absolute atomic E-state index is 0.164. The van der Waals surface area contributed by atoms with Crippen LogP contribution in [-0.2, 0) is 4.74 Å². The standard InChI is InChI=1S/C24H20F3N7O3S/c1-11-17-21-31-19(32-33(21)10-28-22(17)38-18(11)23(35)37-3)14-9-29-34-16(24(25,26)27)8-15(30-20(14)34)12-4-6-13(36-2)7-5-12/h4-7,9-10,15-16,30H,8H2,1-3H3. The lowest BCUT2D eigenvalue weighted by molar-refractivity contribution is -0.173. The van der Waals surface area contributed by atoms with E-state index >= 15 is 0 Å². The van der Waals surface area contributed by atoms with Gasteiger partial charge >= 0.3 is 12.1 Å². The second-order valence-electron chi connectivity index (χ2n) is 8.79. The summed E-state index contributed by atoms with van der Waals surface area (Å²) in [5.41, 5.74) is 2.05. The van der Waals surface area contributed by atoms with Crippen LogP contribution in [0.4, 0.5) is 19.0 Å². The molecule has 0 saturated carbocycles. The molecule has 0 radical (unpaired) electrons. The Bertz CT molecular complexity index is 1690. The summed E-state index contributed by atoms with van der Waals surface area (Å²) in [7, 11) is 2.82. The van der Waals surface area contributed by atoms with E-state index in [1.165, 1.54) is 42.6 Å². The zero-order chi connectivity index (χ0) is 26.8. The van der Waals surface area contributed by atoms with Gasteiger partial charge in [-0.1, -0.05) is 12.1 Å². The van der Waals surface area contributed by atoms with Gasteiger partial charge in [-0.2, -0.15) is 18.3 Å².